The summed E-state index contributed by atoms with van der Waals surface area (Å²) in [6.45, 7) is 3.64. The zero-order chi connectivity index (χ0) is 13.2. The minimum atomic E-state index is 0.275. The molecule has 1 aromatic carbocycles. The first kappa shape index (κ1) is 12.6. The second kappa shape index (κ2) is 5.31. The number of benzene rings is 1. The molecule has 4 nitrogen and oxygen atoms in total. The highest BCUT2D eigenvalue weighted by Crippen LogP contribution is 2.32. The van der Waals surface area contributed by atoms with Gasteiger partial charge >= 0.3 is 0 Å². The van der Waals surface area contributed by atoms with Gasteiger partial charge in [0.2, 0.25) is 11.7 Å². The van der Waals surface area contributed by atoms with Crippen LogP contribution in [0.1, 0.15) is 25.2 Å². The maximum Gasteiger partial charge on any atom is 0.230 e. The zero-order valence-electron chi connectivity index (χ0n) is 10.7. The molecule has 0 spiro atoms. The predicted octanol–water partition coefficient (Wildman–Crippen LogP) is 3.53. The van der Waals surface area contributed by atoms with Crippen molar-refractivity contribution in [2.45, 2.75) is 19.3 Å². The molecule has 1 aliphatic rings. The third kappa shape index (κ3) is 2.51. The summed E-state index contributed by atoms with van der Waals surface area (Å²) in [7, 11) is 0. The molecule has 0 radical (unpaired) electrons. The molecule has 19 heavy (non-hydrogen) atoms. The van der Waals surface area contributed by atoms with E-state index >= 15 is 0 Å². The molecule has 1 aromatic heterocycles. The van der Waals surface area contributed by atoms with Gasteiger partial charge in [-0.25, -0.2) is 0 Å². The number of aromatic nitrogens is 2. The Morgan fingerprint density at radius 3 is 2.95 bits per heavy atom. The van der Waals surface area contributed by atoms with Crippen molar-refractivity contribution in [1.29, 1.82) is 0 Å². The minimum Gasteiger partial charge on any atom is -0.381 e. The summed E-state index contributed by atoms with van der Waals surface area (Å²) in [5.41, 5.74) is 0.805. The molecule has 1 saturated heterocycles. The number of rotatable bonds is 2. The maximum atomic E-state index is 6.14. The van der Waals surface area contributed by atoms with Crippen molar-refractivity contribution in [2.75, 3.05) is 13.2 Å². The van der Waals surface area contributed by atoms with E-state index in [1.54, 1.807) is 0 Å². The monoisotopic (exact) mass is 278 g/mol. The van der Waals surface area contributed by atoms with E-state index in [-0.39, 0.29) is 5.92 Å². The highest BCUT2D eigenvalue weighted by molar-refractivity contribution is 6.33. The summed E-state index contributed by atoms with van der Waals surface area (Å²) in [4.78, 5) is 4.50. The maximum absolute atomic E-state index is 6.14. The van der Waals surface area contributed by atoms with Crippen LogP contribution in [0.5, 0.6) is 0 Å². The first-order chi connectivity index (χ1) is 9.25. The summed E-state index contributed by atoms with van der Waals surface area (Å²) in [6.07, 6.45) is 0.922. The topological polar surface area (TPSA) is 48.2 Å². The van der Waals surface area contributed by atoms with Crippen LogP contribution in [0.4, 0.5) is 0 Å². The van der Waals surface area contributed by atoms with Crippen LogP contribution in [-0.4, -0.2) is 23.4 Å². The highest BCUT2D eigenvalue weighted by Gasteiger charge is 2.28. The Hall–Kier alpha value is -1.39. The average Bonchev–Trinajstić information content (AvgIpc) is 2.89. The predicted molar refractivity (Wildman–Crippen MR) is 72.1 cm³/mol. The molecule has 100 valence electrons. The summed E-state index contributed by atoms with van der Waals surface area (Å²) >= 11 is 6.14. The van der Waals surface area contributed by atoms with E-state index in [0.717, 1.165) is 25.2 Å². The molecule has 1 aliphatic heterocycles. The molecule has 3 rings (SSSR count). The zero-order valence-corrected chi connectivity index (χ0v) is 11.4. The molecule has 0 unspecified atom stereocenters. The molecule has 1 fully saturated rings. The fourth-order valence-electron chi connectivity index (χ4n) is 2.38. The first-order valence-electron chi connectivity index (χ1n) is 6.42. The average molecular weight is 279 g/mol. The van der Waals surface area contributed by atoms with Crippen LogP contribution in [0.15, 0.2) is 28.8 Å². The van der Waals surface area contributed by atoms with E-state index in [2.05, 4.69) is 17.1 Å². The number of ether oxygens (including phenoxy) is 1. The van der Waals surface area contributed by atoms with Gasteiger partial charge in [0.1, 0.15) is 0 Å². The van der Waals surface area contributed by atoms with Gasteiger partial charge in [-0.15, -0.1) is 0 Å². The van der Waals surface area contributed by atoms with Crippen molar-refractivity contribution in [3.8, 4) is 11.4 Å². The lowest BCUT2D eigenvalue weighted by molar-refractivity contribution is 0.0392. The van der Waals surface area contributed by atoms with Gasteiger partial charge < -0.3 is 9.26 Å². The second-order valence-electron chi connectivity index (χ2n) is 4.88. The second-order valence-corrected chi connectivity index (χ2v) is 5.29. The van der Waals surface area contributed by atoms with Gasteiger partial charge in [-0.3, -0.25) is 0 Å². The van der Waals surface area contributed by atoms with E-state index in [1.165, 1.54) is 0 Å². The molecular weight excluding hydrogens is 264 g/mol. The smallest absolute Gasteiger partial charge is 0.230 e. The lowest BCUT2D eigenvalue weighted by atomic mass is 9.90. The molecule has 5 heteroatoms. The Bertz CT molecular complexity index is 570. The fourth-order valence-corrected chi connectivity index (χ4v) is 2.61. The molecule has 0 amide bonds. The Labute approximate surface area is 116 Å². The quantitative estimate of drug-likeness (QED) is 0.843. The molecule has 0 saturated carbocycles. The molecule has 2 heterocycles. The van der Waals surface area contributed by atoms with Crippen molar-refractivity contribution in [1.82, 2.24) is 10.1 Å². The van der Waals surface area contributed by atoms with Crippen LogP contribution in [0.2, 0.25) is 5.02 Å². The van der Waals surface area contributed by atoms with Crippen molar-refractivity contribution in [2.24, 2.45) is 5.92 Å². The van der Waals surface area contributed by atoms with Crippen molar-refractivity contribution < 1.29 is 9.26 Å². The molecule has 0 N–H and O–H groups in total. The molecule has 2 aromatic rings. The summed E-state index contributed by atoms with van der Waals surface area (Å²) in [5, 5.41) is 4.68. The van der Waals surface area contributed by atoms with Crippen LogP contribution in [-0.2, 0) is 4.74 Å². The van der Waals surface area contributed by atoms with E-state index in [9.17, 15) is 0 Å². The van der Waals surface area contributed by atoms with Gasteiger partial charge in [0.05, 0.1) is 5.02 Å². The first-order valence-corrected chi connectivity index (χ1v) is 6.80. The van der Waals surface area contributed by atoms with Gasteiger partial charge in [-0.2, -0.15) is 4.98 Å². The van der Waals surface area contributed by atoms with Crippen molar-refractivity contribution >= 4 is 11.6 Å². The summed E-state index contributed by atoms with van der Waals surface area (Å²) in [5.74, 6) is 1.91. The van der Waals surface area contributed by atoms with E-state index < -0.39 is 0 Å². The Kier molecular flexibility index (Phi) is 3.53. The SMILES string of the molecule is C[C@H]1COCC[C@H]1c1nc(-c2ccccc2Cl)no1. The Balaban J connectivity index is 1.89. The van der Waals surface area contributed by atoms with Crippen LogP contribution < -0.4 is 0 Å². The number of nitrogens with zero attached hydrogens (tertiary/aromatic N) is 2. The largest absolute Gasteiger partial charge is 0.381 e. The third-order valence-electron chi connectivity index (χ3n) is 3.51. The third-order valence-corrected chi connectivity index (χ3v) is 3.84. The summed E-state index contributed by atoms with van der Waals surface area (Å²) < 4.78 is 10.8. The molecule has 2 atom stereocenters. The molecular formula is C14H15ClN2O2. The van der Waals surface area contributed by atoms with Gasteiger partial charge in [0, 0.05) is 24.7 Å². The van der Waals surface area contributed by atoms with Crippen LogP contribution in [0, 0.1) is 5.92 Å². The van der Waals surface area contributed by atoms with Gasteiger partial charge in [-0.1, -0.05) is 35.8 Å². The van der Waals surface area contributed by atoms with E-state index in [1.807, 2.05) is 24.3 Å². The van der Waals surface area contributed by atoms with E-state index in [0.29, 0.717) is 22.7 Å². The van der Waals surface area contributed by atoms with Gasteiger partial charge in [0.15, 0.2) is 0 Å². The standard InChI is InChI=1S/C14H15ClN2O2/c1-9-8-18-7-6-10(9)14-16-13(17-19-14)11-4-2-3-5-12(11)15/h2-5,9-10H,6-8H2,1H3/t9-,10+/m0/s1. The van der Waals surface area contributed by atoms with Gasteiger partial charge in [0.25, 0.3) is 0 Å². The summed E-state index contributed by atoms with van der Waals surface area (Å²) in [6, 6.07) is 7.51. The normalized spacial score (nSPS) is 23.5. The lowest BCUT2D eigenvalue weighted by Crippen LogP contribution is -2.23. The minimum absolute atomic E-state index is 0.275. The van der Waals surface area contributed by atoms with E-state index in [4.69, 9.17) is 20.9 Å². The van der Waals surface area contributed by atoms with Crippen LogP contribution in [0.3, 0.4) is 0 Å². The number of hydrogen-bond donors (Lipinski definition) is 0. The number of halogens is 1. The lowest BCUT2D eigenvalue weighted by Gasteiger charge is -2.25. The number of hydrogen-bond acceptors (Lipinski definition) is 4. The molecule has 0 bridgehead atoms. The molecule has 0 aliphatic carbocycles. The van der Waals surface area contributed by atoms with Crippen molar-refractivity contribution in [3.63, 3.8) is 0 Å². The van der Waals surface area contributed by atoms with Gasteiger partial charge in [-0.05, 0) is 24.5 Å². The van der Waals surface area contributed by atoms with Crippen LogP contribution >= 0.6 is 11.6 Å². The Morgan fingerprint density at radius 1 is 1.32 bits per heavy atom. The highest BCUT2D eigenvalue weighted by atomic mass is 35.5. The van der Waals surface area contributed by atoms with Crippen molar-refractivity contribution in [3.05, 3.63) is 35.2 Å². The Morgan fingerprint density at radius 2 is 2.16 bits per heavy atom. The van der Waals surface area contributed by atoms with Crippen LogP contribution in [0.25, 0.3) is 11.4 Å². The fraction of sp³-hybridized carbons (Fsp3) is 0.429.